The van der Waals surface area contributed by atoms with Gasteiger partial charge in [-0.3, -0.25) is 0 Å². The van der Waals surface area contributed by atoms with Crippen LogP contribution < -0.4 is 4.74 Å². The van der Waals surface area contributed by atoms with Crippen LogP contribution in [-0.4, -0.2) is 17.2 Å². The van der Waals surface area contributed by atoms with E-state index in [2.05, 4.69) is 0 Å². The van der Waals surface area contributed by atoms with Gasteiger partial charge in [0.1, 0.15) is 5.75 Å². The minimum Gasteiger partial charge on any atom is -0.491 e. The van der Waals surface area contributed by atoms with Crippen LogP contribution in [0.3, 0.4) is 0 Å². The Morgan fingerprint density at radius 1 is 0.960 bits per heavy atom. The lowest BCUT2D eigenvalue weighted by molar-refractivity contribution is -0.130. The summed E-state index contributed by atoms with van der Waals surface area (Å²) < 4.78 is 5.63. The number of aliphatic carboxylic acids is 1. The summed E-state index contributed by atoms with van der Waals surface area (Å²) in [4.78, 5) is 11.9. The van der Waals surface area contributed by atoms with Crippen LogP contribution in [0, 0.1) is 0 Å². The van der Waals surface area contributed by atoms with Gasteiger partial charge < -0.3 is 9.84 Å². The topological polar surface area (TPSA) is 46.5 Å². The SMILES string of the molecule is CC(C)Oc1ccc(/C=C(\C(=O)O)c2cccc3ccccc23)cc1. The predicted molar refractivity (Wildman–Crippen MR) is 102 cm³/mol. The smallest absolute Gasteiger partial charge is 0.336 e. The number of benzene rings is 3. The van der Waals surface area contributed by atoms with Crippen molar-refractivity contribution in [1.82, 2.24) is 0 Å². The zero-order valence-corrected chi connectivity index (χ0v) is 14.3. The van der Waals surface area contributed by atoms with Crippen molar-refractivity contribution in [1.29, 1.82) is 0 Å². The van der Waals surface area contributed by atoms with Gasteiger partial charge in [0.25, 0.3) is 0 Å². The van der Waals surface area contributed by atoms with E-state index < -0.39 is 5.97 Å². The second-order valence-corrected chi connectivity index (χ2v) is 6.13. The van der Waals surface area contributed by atoms with E-state index >= 15 is 0 Å². The van der Waals surface area contributed by atoms with Crippen LogP contribution in [0.2, 0.25) is 0 Å². The summed E-state index contributed by atoms with van der Waals surface area (Å²) in [6.07, 6.45) is 1.80. The largest absolute Gasteiger partial charge is 0.491 e. The number of rotatable bonds is 5. The monoisotopic (exact) mass is 332 g/mol. The average molecular weight is 332 g/mol. The molecule has 3 rings (SSSR count). The van der Waals surface area contributed by atoms with E-state index in [4.69, 9.17) is 4.74 Å². The Balaban J connectivity index is 2.04. The molecular formula is C22H20O3. The van der Waals surface area contributed by atoms with Crippen molar-refractivity contribution in [3.63, 3.8) is 0 Å². The first kappa shape index (κ1) is 16.8. The van der Waals surface area contributed by atoms with Gasteiger partial charge in [0.05, 0.1) is 11.7 Å². The Morgan fingerprint density at radius 2 is 1.64 bits per heavy atom. The summed E-state index contributed by atoms with van der Waals surface area (Å²) in [7, 11) is 0. The Kier molecular flexibility index (Phi) is 4.85. The Labute approximate surface area is 147 Å². The van der Waals surface area contributed by atoms with Gasteiger partial charge in [-0.1, -0.05) is 54.6 Å². The third-order valence-corrected chi connectivity index (χ3v) is 3.87. The van der Waals surface area contributed by atoms with Gasteiger partial charge in [0, 0.05) is 0 Å². The molecule has 0 fully saturated rings. The fourth-order valence-electron chi connectivity index (χ4n) is 2.80. The van der Waals surface area contributed by atoms with Gasteiger partial charge in [0.2, 0.25) is 0 Å². The average Bonchev–Trinajstić information content (AvgIpc) is 2.60. The van der Waals surface area contributed by atoms with Crippen molar-refractivity contribution in [2.45, 2.75) is 20.0 Å². The number of hydrogen-bond donors (Lipinski definition) is 1. The molecule has 3 aromatic rings. The van der Waals surface area contributed by atoms with Gasteiger partial charge in [0.15, 0.2) is 0 Å². The molecule has 0 amide bonds. The molecule has 3 aromatic carbocycles. The molecule has 0 saturated heterocycles. The van der Waals surface area contributed by atoms with Gasteiger partial charge in [-0.25, -0.2) is 4.79 Å². The van der Waals surface area contributed by atoms with Crippen LogP contribution in [0.25, 0.3) is 22.4 Å². The van der Waals surface area contributed by atoms with Gasteiger partial charge >= 0.3 is 5.97 Å². The molecule has 0 atom stereocenters. The lowest BCUT2D eigenvalue weighted by Gasteiger charge is -2.10. The van der Waals surface area contributed by atoms with Crippen molar-refractivity contribution in [2.24, 2.45) is 0 Å². The highest BCUT2D eigenvalue weighted by molar-refractivity contribution is 6.23. The van der Waals surface area contributed by atoms with E-state index in [0.29, 0.717) is 5.56 Å². The molecule has 0 aliphatic heterocycles. The summed E-state index contributed by atoms with van der Waals surface area (Å²) in [6.45, 7) is 3.94. The molecule has 0 aliphatic carbocycles. The molecule has 0 unspecified atom stereocenters. The maximum absolute atomic E-state index is 11.9. The molecule has 0 aliphatic rings. The van der Waals surface area contributed by atoms with E-state index in [1.165, 1.54) is 0 Å². The summed E-state index contributed by atoms with van der Waals surface area (Å²) in [5, 5.41) is 11.7. The Hall–Kier alpha value is -3.07. The highest BCUT2D eigenvalue weighted by Crippen LogP contribution is 2.27. The zero-order chi connectivity index (χ0) is 17.8. The van der Waals surface area contributed by atoms with Crippen molar-refractivity contribution in [3.05, 3.63) is 77.9 Å². The minimum absolute atomic E-state index is 0.103. The lowest BCUT2D eigenvalue weighted by atomic mass is 9.96. The van der Waals surface area contributed by atoms with Gasteiger partial charge in [-0.2, -0.15) is 0 Å². The molecule has 25 heavy (non-hydrogen) atoms. The molecule has 0 bridgehead atoms. The van der Waals surface area contributed by atoms with Crippen molar-refractivity contribution >= 4 is 28.4 Å². The number of hydrogen-bond acceptors (Lipinski definition) is 2. The van der Waals surface area contributed by atoms with E-state index in [1.807, 2.05) is 80.6 Å². The molecule has 0 spiro atoms. The second-order valence-electron chi connectivity index (χ2n) is 6.13. The highest BCUT2D eigenvalue weighted by atomic mass is 16.5. The van der Waals surface area contributed by atoms with Crippen LogP contribution in [0.5, 0.6) is 5.75 Å². The van der Waals surface area contributed by atoms with Crippen LogP contribution in [-0.2, 0) is 4.79 Å². The summed E-state index contributed by atoms with van der Waals surface area (Å²) >= 11 is 0. The van der Waals surface area contributed by atoms with E-state index in [9.17, 15) is 9.90 Å². The van der Waals surface area contributed by atoms with Crippen LogP contribution in [0.15, 0.2) is 66.7 Å². The van der Waals surface area contributed by atoms with Crippen LogP contribution in [0.1, 0.15) is 25.0 Å². The van der Waals surface area contributed by atoms with Gasteiger partial charge in [-0.15, -0.1) is 0 Å². The third-order valence-electron chi connectivity index (χ3n) is 3.87. The quantitative estimate of drug-likeness (QED) is 0.512. The maximum Gasteiger partial charge on any atom is 0.336 e. The summed E-state index contributed by atoms with van der Waals surface area (Å²) in [5.41, 5.74) is 1.81. The first-order valence-electron chi connectivity index (χ1n) is 8.24. The fourth-order valence-corrected chi connectivity index (χ4v) is 2.80. The number of carbonyl (C=O) groups is 1. The Morgan fingerprint density at radius 3 is 2.32 bits per heavy atom. The minimum atomic E-state index is -0.945. The first-order chi connectivity index (χ1) is 12.0. The third kappa shape index (κ3) is 3.89. The maximum atomic E-state index is 11.9. The normalized spacial score (nSPS) is 11.7. The standard InChI is InChI=1S/C22H20O3/c1-15(2)25-18-12-10-16(11-13-18)14-21(22(23)24)20-9-5-7-17-6-3-4-8-19(17)20/h3-15H,1-2H3,(H,23,24)/b21-14-. The van der Waals surface area contributed by atoms with E-state index in [-0.39, 0.29) is 11.7 Å². The molecule has 0 aromatic heterocycles. The second kappa shape index (κ2) is 7.22. The predicted octanol–water partition coefficient (Wildman–Crippen LogP) is 5.25. The number of carboxylic acid groups (broad SMARTS) is 1. The van der Waals surface area contributed by atoms with E-state index in [0.717, 1.165) is 22.1 Å². The molecule has 3 nitrogen and oxygen atoms in total. The van der Waals surface area contributed by atoms with Crippen molar-refractivity contribution in [3.8, 4) is 5.75 Å². The molecule has 0 radical (unpaired) electrons. The Bertz CT molecular complexity index is 916. The zero-order valence-electron chi connectivity index (χ0n) is 14.3. The number of carboxylic acids is 1. The molecule has 0 saturated carbocycles. The number of ether oxygens (including phenoxy) is 1. The van der Waals surface area contributed by atoms with Crippen LogP contribution in [0.4, 0.5) is 0 Å². The lowest BCUT2D eigenvalue weighted by Crippen LogP contribution is -2.05. The molecule has 3 heteroatoms. The fraction of sp³-hybridized carbons (Fsp3) is 0.136. The van der Waals surface area contributed by atoms with Crippen LogP contribution >= 0.6 is 0 Å². The molecular weight excluding hydrogens is 312 g/mol. The van der Waals surface area contributed by atoms with Gasteiger partial charge in [-0.05, 0) is 54.0 Å². The molecule has 1 N–H and O–H groups in total. The van der Waals surface area contributed by atoms with Crippen molar-refractivity contribution < 1.29 is 14.6 Å². The summed E-state index contributed by atoms with van der Waals surface area (Å²) in [6, 6.07) is 21.0. The van der Waals surface area contributed by atoms with E-state index in [1.54, 1.807) is 6.08 Å². The highest BCUT2D eigenvalue weighted by Gasteiger charge is 2.13. The van der Waals surface area contributed by atoms with Crippen molar-refractivity contribution in [2.75, 3.05) is 0 Å². The molecule has 126 valence electrons. The summed E-state index contributed by atoms with van der Waals surface area (Å²) in [5.74, 6) is -0.173. The molecule has 0 heterocycles. The first-order valence-corrected chi connectivity index (χ1v) is 8.24. The number of fused-ring (bicyclic) bond motifs is 1.